The summed E-state index contributed by atoms with van der Waals surface area (Å²) >= 11 is 0. The van der Waals surface area contributed by atoms with Crippen LogP contribution in [0.25, 0.3) is 0 Å². The molecule has 0 N–H and O–H groups in total. The molecule has 4 aliphatic heterocycles. The summed E-state index contributed by atoms with van der Waals surface area (Å²) in [4.78, 5) is 15.4. The molecule has 4 saturated heterocycles. The van der Waals surface area contributed by atoms with Crippen LogP contribution in [0.2, 0.25) is 17.5 Å². The van der Waals surface area contributed by atoms with Crippen molar-refractivity contribution < 1.29 is 0 Å². The van der Waals surface area contributed by atoms with Gasteiger partial charge in [-0.25, -0.2) is 0 Å². The topological polar surface area (TPSA) is 13.0 Å². The second-order valence-corrected chi connectivity index (χ2v) is 51.0. The fourth-order valence-electron chi connectivity index (χ4n) is 44.0. The van der Waals surface area contributed by atoms with Crippen molar-refractivity contribution in [3.05, 3.63) is 0 Å². The molecule has 0 aromatic heterocycles. The van der Waals surface area contributed by atoms with E-state index in [1.165, 1.54) is 6.54 Å². The average molecular weight is 1580 g/mol. The molecule has 0 spiro atoms. The molecule has 5 heteroatoms. The summed E-state index contributed by atoms with van der Waals surface area (Å²) in [6.45, 7) is 2.53. The van der Waals surface area contributed by atoms with E-state index in [-0.39, 0.29) is 0 Å². The molecule has 33 atom stereocenters. The van der Waals surface area contributed by atoms with Gasteiger partial charge in [0.2, 0.25) is 0 Å². The molecule has 24 rings (SSSR count). The average Bonchev–Trinajstić information content (AvgIpc) is 0.804. The summed E-state index contributed by atoms with van der Waals surface area (Å²) in [5, 5.41) is 0. The Hall–Kier alpha value is -0.0951. The van der Waals surface area contributed by atoms with Gasteiger partial charge >= 0.3 is 0 Å². The molecule has 24 fully saturated rings. The third-order valence-corrected chi connectivity index (χ3v) is 47.3. The minimum Gasteiger partial charge on any atom is -0.297 e. The predicted octanol–water partition coefficient (Wildman–Crippen LogP) is 28.7. The van der Waals surface area contributed by atoms with Crippen LogP contribution in [0.4, 0.5) is 0 Å². The summed E-state index contributed by atoms with van der Waals surface area (Å²) in [6.07, 6.45) is 110. The molecule has 0 amide bonds. The minimum atomic E-state index is 0.829. The van der Waals surface area contributed by atoms with Crippen LogP contribution in [0.3, 0.4) is 0 Å². The van der Waals surface area contributed by atoms with Crippen molar-refractivity contribution >= 4 is 6.71 Å². The van der Waals surface area contributed by atoms with Crippen molar-refractivity contribution in [2.24, 2.45) is 160 Å². The van der Waals surface area contributed by atoms with Crippen LogP contribution in [-0.2, 0) is 0 Å². The van der Waals surface area contributed by atoms with Gasteiger partial charge in [0.25, 0.3) is 0 Å². The molecule has 648 valence electrons. The predicted molar refractivity (Wildman–Crippen MR) is 484 cm³/mol. The van der Waals surface area contributed by atoms with Crippen molar-refractivity contribution in [3.63, 3.8) is 0 Å². The molecule has 20 saturated carbocycles. The summed E-state index contributed by atoms with van der Waals surface area (Å²) < 4.78 is 0. The Kier molecular flexibility index (Phi) is 23.6. The molecule has 0 aromatic rings. The van der Waals surface area contributed by atoms with Crippen molar-refractivity contribution in [1.82, 2.24) is 19.6 Å². The molecular formula is C111H181BN4. The van der Waals surface area contributed by atoms with E-state index in [1.807, 2.05) is 0 Å². The maximum atomic E-state index is 4.13. The zero-order chi connectivity index (χ0) is 76.1. The number of hydrogen-bond acceptors (Lipinski definition) is 4. The highest BCUT2D eigenvalue weighted by Crippen LogP contribution is 2.72. The van der Waals surface area contributed by atoms with Crippen molar-refractivity contribution in [1.29, 1.82) is 0 Å². The van der Waals surface area contributed by atoms with Gasteiger partial charge < -0.3 is 0 Å². The number of rotatable bonds is 12. The number of likely N-dealkylation sites (tertiary alicyclic amines) is 2. The monoisotopic (exact) mass is 1580 g/mol. The van der Waals surface area contributed by atoms with Crippen LogP contribution >= 0.6 is 0 Å². The Morgan fingerprint density at radius 3 is 1.02 bits per heavy atom. The van der Waals surface area contributed by atoms with Gasteiger partial charge in [-0.15, -0.1) is 0 Å². The van der Waals surface area contributed by atoms with Crippen LogP contribution in [-0.4, -0.2) is 99.3 Å². The third-order valence-electron chi connectivity index (χ3n) is 47.3. The molecule has 4 nitrogen and oxygen atoms in total. The molecule has 0 bridgehead atoms. The smallest absolute Gasteiger partial charge is 0.156 e. The highest BCUT2D eigenvalue weighted by atomic mass is 15.3. The van der Waals surface area contributed by atoms with Crippen molar-refractivity contribution in [2.45, 2.75) is 527 Å². The van der Waals surface area contributed by atoms with Crippen LogP contribution in [0.15, 0.2) is 0 Å². The Labute approximate surface area is 715 Å². The van der Waals surface area contributed by atoms with E-state index >= 15 is 0 Å². The second-order valence-electron chi connectivity index (χ2n) is 51.0. The van der Waals surface area contributed by atoms with E-state index in [1.54, 1.807) is 443 Å². The molecular weight excluding hydrogens is 1400 g/mol. The van der Waals surface area contributed by atoms with E-state index in [9.17, 15) is 0 Å². The lowest BCUT2D eigenvalue weighted by Gasteiger charge is -2.72. The third kappa shape index (κ3) is 14.1. The molecule has 116 heavy (non-hydrogen) atoms. The Bertz CT molecular complexity index is 3080. The van der Waals surface area contributed by atoms with Crippen LogP contribution in [0.5, 0.6) is 0 Å². The van der Waals surface area contributed by atoms with E-state index in [0.717, 1.165) is 250 Å². The Balaban J connectivity index is 0.696. The first-order chi connectivity index (χ1) is 57.6. The van der Waals surface area contributed by atoms with Crippen LogP contribution in [0.1, 0.15) is 443 Å². The maximum Gasteiger partial charge on any atom is 0.156 e. The fourth-order valence-corrected chi connectivity index (χ4v) is 44.0. The van der Waals surface area contributed by atoms with Gasteiger partial charge in [0.15, 0.2) is 6.71 Å². The first-order valence-electron chi connectivity index (χ1n) is 56.7. The normalized spacial score (nSPS) is 51.9. The Morgan fingerprint density at radius 2 is 0.543 bits per heavy atom. The molecule has 0 radical (unpaired) electrons. The van der Waals surface area contributed by atoms with Gasteiger partial charge in [-0.05, 0) is 331 Å². The van der Waals surface area contributed by atoms with Crippen molar-refractivity contribution in [2.75, 3.05) is 6.54 Å². The highest BCUT2D eigenvalue weighted by molar-refractivity contribution is 6.65. The summed E-state index contributed by atoms with van der Waals surface area (Å²) in [6, 6.07) is 9.67. The highest BCUT2D eigenvalue weighted by Gasteiger charge is 2.71. The Morgan fingerprint density at radius 1 is 0.181 bits per heavy atom. The minimum absolute atomic E-state index is 0.829. The zero-order valence-corrected chi connectivity index (χ0v) is 75.5. The van der Waals surface area contributed by atoms with E-state index < -0.39 is 0 Å². The first kappa shape index (κ1) is 79.3. The lowest BCUT2D eigenvalue weighted by atomic mass is 9.18. The number of hydrogen-bond donors (Lipinski definition) is 0. The lowest BCUT2D eigenvalue weighted by molar-refractivity contribution is -0.160. The molecule has 4 heterocycles. The van der Waals surface area contributed by atoms with Crippen molar-refractivity contribution in [3.8, 4) is 0 Å². The SMILES string of the molecule is C1CCC(C2CC(C3CCCCC3)C(N3C4CC(CN5C6CCCCC6C6CCCCC65)CC5C4B(C4C[C@@H]([C@H]6CCC7C8CCC[C@H]9CCC[C@@H](C%10CCCC6[C@@H]7%10)[C@@H]89)CC[C@H]43)[C@@H]3CC[C@H](N4C6CCCC[C@H]6C6CCCC[C@H]64)CC3N5C3[C@@H](C4CCCCC4)CC(C4CCCCC4)C[C@H]3C3CCCCC3)C(C3CCCCC3)C2)CC1. The standard InChI is InChI=1S/C111H181BN4/c1-7-30-72(31-8-1)80-64-93(74-34-11-3-12-35-74)110(94(65-80)75-36-13-4-14-37-75)115-103-61-56-79(83-58-59-92-90-49-28-43-78-42-27-48-89(107(78)90)91-51-29-50-88(83)108(91)92)68-98(103)112-97-60-57-82(114-101-54-25-21-46-86(101)87-47-22-26-55-102(87)114)69-104(97)116(106-63-71(62-105(115)109(106)112)70-113-99-52-23-19-44-84(99)85-45-20-24-53-100(85)113)111-95(76-38-15-5-16-39-76)66-81(73-32-9-2-10-33-73)67-96(111)77-40-17-6-18-41-77/h71-111H,1-70H2/t71?,78-,79+,80?,81?,82+,83-,84?,85?,86+,87?,88?,89+,90?,91?,92?,93?,94?,95-,96+,97-,98?,99?,100?,101?,102-,103-,104?,105?,106?,107+,108-,109?,110?,111?/m1/s1. The van der Waals surface area contributed by atoms with Gasteiger partial charge in [-0.2, -0.15) is 0 Å². The quantitative estimate of drug-likeness (QED) is 0.181. The molecule has 20 unspecified atom stereocenters. The lowest BCUT2D eigenvalue weighted by Crippen LogP contribution is -2.77. The van der Waals surface area contributed by atoms with E-state index in [4.69, 9.17) is 0 Å². The molecule has 20 aliphatic carbocycles. The zero-order valence-electron chi connectivity index (χ0n) is 75.5. The second kappa shape index (κ2) is 34.5. The molecule has 0 aromatic carbocycles. The van der Waals surface area contributed by atoms with E-state index in [0.29, 0.717) is 0 Å². The summed E-state index contributed by atoms with van der Waals surface area (Å²) in [5.74, 6) is 30.9. The first-order valence-corrected chi connectivity index (χ1v) is 56.7. The fraction of sp³-hybridized carbons (Fsp3) is 1.00. The number of nitrogens with zero attached hydrogens (tertiary/aromatic N) is 4. The largest absolute Gasteiger partial charge is 0.297 e. The van der Waals surface area contributed by atoms with Gasteiger partial charge in [0.05, 0.1) is 0 Å². The molecule has 24 aliphatic rings. The summed E-state index contributed by atoms with van der Waals surface area (Å²) in [5.41, 5.74) is 0. The maximum absolute atomic E-state index is 4.13. The van der Waals surface area contributed by atoms with Gasteiger partial charge in [-0.3, -0.25) is 19.6 Å². The van der Waals surface area contributed by atoms with Crippen LogP contribution in [0, 0.1) is 160 Å². The van der Waals surface area contributed by atoms with E-state index in [2.05, 4.69) is 19.6 Å². The van der Waals surface area contributed by atoms with Gasteiger partial charge in [0.1, 0.15) is 0 Å². The summed E-state index contributed by atoms with van der Waals surface area (Å²) in [7, 11) is 0. The number of fused-ring (bicyclic) bond motifs is 12. The van der Waals surface area contributed by atoms with Gasteiger partial charge in [-0.1, -0.05) is 289 Å². The van der Waals surface area contributed by atoms with Crippen LogP contribution < -0.4 is 0 Å². The van der Waals surface area contributed by atoms with Gasteiger partial charge in [0, 0.05) is 73.0 Å².